The van der Waals surface area contributed by atoms with Crippen molar-refractivity contribution in [2.45, 2.75) is 89.9 Å². The molecular weight excluding hydrogens is 362 g/mol. The minimum Gasteiger partial charge on any atom is -0.207 e. The van der Waals surface area contributed by atoms with Crippen LogP contribution in [0.4, 0.5) is 8.78 Å². The molecule has 4 unspecified atom stereocenters. The lowest BCUT2D eigenvalue weighted by molar-refractivity contribution is 0.0712. The number of allylic oxidation sites excluding steroid dienone is 1. The summed E-state index contributed by atoms with van der Waals surface area (Å²) in [5.74, 6) is 4.02. The van der Waals surface area contributed by atoms with Gasteiger partial charge in [0.1, 0.15) is 11.6 Å². The first-order valence-corrected chi connectivity index (χ1v) is 12.1. The van der Waals surface area contributed by atoms with E-state index in [4.69, 9.17) is 0 Å². The van der Waals surface area contributed by atoms with Crippen LogP contribution >= 0.6 is 0 Å². The number of halogens is 2. The molecule has 1 aromatic rings. The summed E-state index contributed by atoms with van der Waals surface area (Å²) in [5.41, 5.74) is 1.05. The third kappa shape index (κ3) is 4.78. The van der Waals surface area contributed by atoms with Gasteiger partial charge in [-0.15, -0.1) is 6.58 Å². The molecular formula is C27H38F2. The monoisotopic (exact) mass is 400 g/mol. The third-order valence-electron chi connectivity index (χ3n) is 8.77. The molecule has 4 atom stereocenters. The number of hydrogen-bond donors (Lipinski definition) is 0. The maximum atomic E-state index is 14.0. The highest BCUT2D eigenvalue weighted by Crippen LogP contribution is 2.51. The average molecular weight is 401 g/mol. The van der Waals surface area contributed by atoms with E-state index in [0.717, 1.165) is 48.0 Å². The number of benzene rings is 1. The van der Waals surface area contributed by atoms with Crippen molar-refractivity contribution >= 4 is 0 Å². The van der Waals surface area contributed by atoms with E-state index in [0.29, 0.717) is 5.92 Å². The van der Waals surface area contributed by atoms with Crippen molar-refractivity contribution in [2.75, 3.05) is 0 Å². The van der Waals surface area contributed by atoms with Crippen molar-refractivity contribution in [2.24, 2.45) is 29.6 Å². The lowest BCUT2D eigenvalue weighted by Gasteiger charge is -2.45. The van der Waals surface area contributed by atoms with Gasteiger partial charge >= 0.3 is 0 Å². The second-order valence-electron chi connectivity index (χ2n) is 10.4. The van der Waals surface area contributed by atoms with Gasteiger partial charge in [-0.3, -0.25) is 0 Å². The molecule has 0 bridgehead atoms. The Kier molecular flexibility index (Phi) is 6.76. The van der Waals surface area contributed by atoms with Gasteiger partial charge in [0.25, 0.3) is 0 Å². The second kappa shape index (κ2) is 9.31. The lowest BCUT2D eigenvalue weighted by Crippen LogP contribution is -2.34. The molecule has 0 amide bonds. The molecule has 160 valence electrons. The summed E-state index contributed by atoms with van der Waals surface area (Å²) in [6, 6.07) is 3.19. The first-order valence-electron chi connectivity index (χ1n) is 12.1. The zero-order chi connectivity index (χ0) is 20.4. The van der Waals surface area contributed by atoms with E-state index in [1.807, 2.05) is 0 Å². The average Bonchev–Trinajstić information content (AvgIpc) is 2.75. The Balaban J connectivity index is 1.30. The van der Waals surface area contributed by atoms with Crippen LogP contribution in [0.1, 0.15) is 94.1 Å². The maximum Gasteiger partial charge on any atom is 0.129 e. The molecule has 0 heterocycles. The molecule has 3 aliphatic rings. The van der Waals surface area contributed by atoms with Crippen molar-refractivity contribution < 1.29 is 8.78 Å². The van der Waals surface area contributed by atoms with Crippen LogP contribution in [0.2, 0.25) is 0 Å². The van der Waals surface area contributed by atoms with E-state index in [1.165, 1.54) is 71.1 Å². The standard InChI is InChI=1S/C27H38F2/c1-3-4-5-19-6-8-20(9-7-19)21-10-11-23-15-24(13-12-22(23)14-21)25-16-26(28)18(2)27(29)17-25/h3,16-17,19-24H,1,4-15H2,2H3. The van der Waals surface area contributed by atoms with Gasteiger partial charge < -0.3 is 0 Å². The fourth-order valence-electron chi connectivity index (χ4n) is 6.86. The summed E-state index contributed by atoms with van der Waals surface area (Å²) in [6.45, 7) is 5.40. The number of rotatable bonds is 5. The fourth-order valence-corrected chi connectivity index (χ4v) is 6.86. The van der Waals surface area contributed by atoms with E-state index in [9.17, 15) is 8.78 Å². The summed E-state index contributed by atoms with van der Waals surface area (Å²) in [5, 5.41) is 0. The van der Waals surface area contributed by atoms with Gasteiger partial charge in [-0.25, -0.2) is 8.78 Å². The predicted octanol–water partition coefficient (Wildman–Crippen LogP) is 8.35. The first kappa shape index (κ1) is 21.1. The lowest BCUT2D eigenvalue weighted by atomic mass is 9.60. The van der Waals surface area contributed by atoms with Crippen molar-refractivity contribution in [1.29, 1.82) is 0 Å². The summed E-state index contributed by atoms with van der Waals surface area (Å²) < 4.78 is 28.1. The van der Waals surface area contributed by atoms with Crippen LogP contribution in [0.15, 0.2) is 24.8 Å². The molecule has 0 aliphatic heterocycles. The topological polar surface area (TPSA) is 0 Å². The summed E-state index contributed by atoms with van der Waals surface area (Å²) in [6.07, 6.45) is 17.9. The Hall–Kier alpha value is -1.18. The van der Waals surface area contributed by atoms with Crippen molar-refractivity contribution in [1.82, 2.24) is 0 Å². The van der Waals surface area contributed by atoms with Crippen LogP contribution in [0.5, 0.6) is 0 Å². The van der Waals surface area contributed by atoms with Gasteiger partial charge in [-0.2, -0.15) is 0 Å². The smallest absolute Gasteiger partial charge is 0.129 e. The van der Waals surface area contributed by atoms with Crippen LogP contribution in [0.25, 0.3) is 0 Å². The Bertz CT molecular complexity index is 677. The molecule has 3 aliphatic carbocycles. The summed E-state index contributed by atoms with van der Waals surface area (Å²) in [7, 11) is 0. The Labute approximate surface area is 176 Å². The van der Waals surface area contributed by atoms with Crippen molar-refractivity contribution in [3.63, 3.8) is 0 Å². The largest absolute Gasteiger partial charge is 0.207 e. The molecule has 0 aromatic heterocycles. The highest BCUT2D eigenvalue weighted by atomic mass is 19.1. The van der Waals surface area contributed by atoms with Gasteiger partial charge in [0.05, 0.1) is 0 Å². The Morgan fingerprint density at radius 1 is 0.828 bits per heavy atom. The molecule has 0 saturated heterocycles. The van der Waals surface area contributed by atoms with E-state index < -0.39 is 0 Å². The van der Waals surface area contributed by atoms with Crippen LogP contribution in [-0.4, -0.2) is 0 Å². The highest BCUT2D eigenvalue weighted by Gasteiger charge is 2.39. The highest BCUT2D eigenvalue weighted by molar-refractivity contribution is 5.28. The molecule has 1 aromatic carbocycles. The molecule has 29 heavy (non-hydrogen) atoms. The quantitative estimate of drug-likeness (QED) is 0.436. The number of hydrogen-bond acceptors (Lipinski definition) is 0. The summed E-state index contributed by atoms with van der Waals surface area (Å²) in [4.78, 5) is 0. The normalized spacial score (nSPS) is 35.1. The first-order chi connectivity index (χ1) is 14.0. The molecule has 3 saturated carbocycles. The fraction of sp³-hybridized carbons (Fsp3) is 0.704. The number of fused-ring (bicyclic) bond motifs is 1. The van der Waals surface area contributed by atoms with Crippen LogP contribution < -0.4 is 0 Å². The molecule has 2 heteroatoms. The van der Waals surface area contributed by atoms with Crippen molar-refractivity contribution in [3.8, 4) is 0 Å². The van der Waals surface area contributed by atoms with E-state index in [-0.39, 0.29) is 17.2 Å². The SMILES string of the molecule is C=CCCC1CCC(C2CCC3CC(c4cc(F)c(C)c(F)c4)CCC3C2)CC1. The Morgan fingerprint density at radius 2 is 1.38 bits per heavy atom. The van der Waals surface area contributed by atoms with Crippen LogP contribution in [-0.2, 0) is 0 Å². The molecule has 3 fully saturated rings. The minimum absolute atomic E-state index is 0.155. The zero-order valence-corrected chi connectivity index (χ0v) is 18.1. The van der Waals surface area contributed by atoms with Gasteiger partial charge in [-0.1, -0.05) is 18.9 Å². The molecule has 0 N–H and O–H groups in total. The van der Waals surface area contributed by atoms with Crippen molar-refractivity contribution in [3.05, 3.63) is 47.5 Å². The maximum absolute atomic E-state index is 14.0. The van der Waals surface area contributed by atoms with E-state index in [1.54, 1.807) is 12.1 Å². The van der Waals surface area contributed by atoms with Gasteiger partial charge in [0, 0.05) is 5.56 Å². The zero-order valence-electron chi connectivity index (χ0n) is 18.1. The summed E-state index contributed by atoms with van der Waals surface area (Å²) >= 11 is 0. The predicted molar refractivity (Wildman–Crippen MR) is 117 cm³/mol. The minimum atomic E-state index is -0.380. The molecule has 4 rings (SSSR count). The molecule has 0 nitrogen and oxygen atoms in total. The van der Waals surface area contributed by atoms with Gasteiger partial charge in [0.2, 0.25) is 0 Å². The van der Waals surface area contributed by atoms with Crippen LogP contribution in [0.3, 0.4) is 0 Å². The van der Waals surface area contributed by atoms with E-state index >= 15 is 0 Å². The van der Waals surface area contributed by atoms with Gasteiger partial charge in [0.15, 0.2) is 0 Å². The third-order valence-corrected chi connectivity index (χ3v) is 8.77. The Morgan fingerprint density at radius 3 is 2.03 bits per heavy atom. The molecule has 0 spiro atoms. The van der Waals surface area contributed by atoms with Crippen LogP contribution in [0, 0.1) is 48.1 Å². The molecule has 0 radical (unpaired) electrons. The van der Waals surface area contributed by atoms with Gasteiger partial charge in [-0.05, 0) is 124 Å². The van der Waals surface area contributed by atoms with E-state index in [2.05, 4.69) is 12.7 Å². The second-order valence-corrected chi connectivity index (χ2v) is 10.4.